The number of carboxylic acid groups (broad SMARTS) is 1. The molecule has 1 atom stereocenters. The number of aliphatic carboxylic acids is 1. The van der Waals surface area contributed by atoms with Gasteiger partial charge in [0.2, 0.25) is 0 Å². The minimum absolute atomic E-state index is 0.0718. The number of aromatic nitrogens is 1. The third-order valence-corrected chi connectivity index (χ3v) is 2.45. The highest BCUT2D eigenvalue weighted by Crippen LogP contribution is 2.61. The van der Waals surface area contributed by atoms with E-state index in [9.17, 15) is 13.6 Å². The van der Waals surface area contributed by atoms with E-state index in [-0.39, 0.29) is 5.69 Å². The van der Waals surface area contributed by atoms with Gasteiger partial charge in [0.05, 0.1) is 5.69 Å². The van der Waals surface area contributed by atoms with Gasteiger partial charge in [0.15, 0.2) is 5.41 Å². The predicted octanol–water partition coefficient (Wildman–Crippen LogP) is 1.44. The van der Waals surface area contributed by atoms with Crippen LogP contribution in [-0.4, -0.2) is 22.0 Å². The number of hydrogen-bond acceptors (Lipinski definition) is 2. The summed E-state index contributed by atoms with van der Waals surface area (Å²) in [6.45, 7) is 0. The van der Waals surface area contributed by atoms with Gasteiger partial charge < -0.3 is 5.11 Å². The van der Waals surface area contributed by atoms with Gasteiger partial charge in [-0.15, -0.1) is 0 Å². The van der Waals surface area contributed by atoms with E-state index < -0.39 is 23.7 Å². The Morgan fingerprint density at radius 3 is 2.50 bits per heavy atom. The maximum atomic E-state index is 13.0. The first-order valence-electron chi connectivity index (χ1n) is 4.03. The van der Waals surface area contributed by atoms with Crippen molar-refractivity contribution in [3.63, 3.8) is 0 Å². The zero-order valence-corrected chi connectivity index (χ0v) is 7.08. The van der Waals surface area contributed by atoms with Gasteiger partial charge in [-0.2, -0.15) is 0 Å². The van der Waals surface area contributed by atoms with Gasteiger partial charge in [-0.05, 0) is 12.1 Å². The van der Waals surface area contributed by atoms with Crippen molar-refractivity contribution in [1.29, 1.82) is 0 Å². The summed E-state index contributed by atoms with van der Waals surface area (Å²) in [7, 11) is 0. The molecular formula is C9H7F2NO2. The predicted molar refractivity (Wildman–Crippen MR) is 43.1 cm³/mol. The van der Waals surface area contributed by atoms with Crippen molar-refractivity contribution >= 4 is 5.97 Å². The van der Waals surface area contributed by atoms with Crippen molar-refractivity contribution in [2.24, 2.45) is 0 Å². The second-order valence-corrected chi connectivity index (χ2v) is 3.31. The fourth-order valence-electron chi connectivity index (χ4n) is 1.52. The van der Waals surface area contributed by atoms with Crippen molar-refractivity contribution in [2.45, 2.75) is 17.8 Å². The van der Waals surface area contributed by atoms with Gasteiger partial charge in [0.1, 0.15) is 0 Å². The van der Waals surface area contributed by atoms with E-state index in [1.807, 2.05) is 0 Å². The van der Waals surface area contributed by atoms with E-state index in [2.05, 4.69) is 4.98 Å². The fraction of sp³-hybridized carbons (Fsp3) is 0.333. The molecule has 0 aliphatic heterocycles. The monoisotopic (exact) mass is 199 g/mol. The van der Waals surface area contributed by atoms with Crippen LogP contribution in [0.15, 0.2) is 24.4 Å². The summed E-state index contributed by atoms with van der Waals surface area (Å²) in [5.74, 6) is -4.69. The molecule has 1 aliphatic carbocycles. The first kappa shape index (κ1) is 9.05. The molecule has 74 valence electrons. The second-order valence-electron chi connectivity index (χ2n) is 3.31. The smallest absolute Gasteiger partial charge is 0.322 e. The van der Waals surface area contributed by atoms with Crippen LogP contribution < -0.4 is 0 Å². The Bertz CT molecular complexity index is 380. The normalized spacial score (nSPS) is 28.4. The number of rotatable bonds is 2. The molecule has 0 saturated heterocycles. The van der Waals surface area contributed by atoms with Crippen LogP contribution in [0.4, 0.5) is 8.78 Å². The molecule has 1 aromatic rings. The van der Waals surface area contributed by atoms with Gasteiger partial charge >= 0.3 is 5.97 Å². The van der Waals surface area contributed by atoms with Gasteiger partial charge in [-0.3, -0.25) is 9.78 Å². The number of alkyl halides is 2. The third-order valence-electron chi connectivity index (χ3n) is 2.45. The summed E-state index contributed by atoms with van der Waals surface area (Å²) in [4.78, 5) is 14.4. The minimum Gasteiger partial charge on any atom is -0.480 e. The lowest BCUT2D eigenvalue weighted by molar-refractivity contribution is -0.143. The van der Waals surface area contributed by atoms with E-state index >= 15 is 0 Å². The largest absolute Gasteiger partial charge is 0.480 e. The Kier molecular flexibility index (Phi) is 1.61. The molecule has 0 bridgehead atoms. The van der Waals surface area contributed by atoms with Crippen LogP contribution in [-0.2, 0) is 10.2 Å². The Balaban J connectivity index is 2.47. The quantitative estimate of drug-likeness (QED) is 0.784. The van der Waals surface area contributed by atoms with Crippen molar-refractivity contribution < 1.29 is 18.7 Å². The number of hydrogen-bond donors (Lipinski definition) is 1. The van der Waals surface area contributed by atoms with E-state index in [0.29, 0.717) is 0 Å². The highest BCUT2D eigenvalue weighted by Gasteiger charge is 2.78. The maximum Gasteiger partial charge on any atom is 0.322 e. The molecule has 0 aromatic carbocycles. The van der Waals surface area contributed by atoms with Gasteiger partial charge in [0, 0.05) is 12.6 Å². The Hall–Kier alpha value is -1.52. The topological polar surface area (TPSA) is 50.2 Å². The number of pyridine rings is 1. The van der Waals surface area contributed by atoms with Crippen LogP contribution in [0.1, 0.15) is 12.1 Å². The van der Waals surface area contributed by atoms with E-state index in [1.54, 1.807) is 6.07 Å². The van der Waals surface area contributed by atoms with Crippen LogP contribution in [0.5, 0.6) is 0 Å². The molecule has 1 saturated carbocycles. The Labute approximate surface area is 78.4 Å². The number of carboxylic acids is 1. The van der Waals surface area contributed by atoms with Crippen molar-refractivity contribution in [1.82, 2.24) is 4.98 Å². The summed E-state index contributed by atoms with van der Waals surface area (Å²) in [6.07, 6.45) is 0.654. The zero-order chi connectivity index (χ0) is 10.4. The number of halogens is 2. The van der Waals surface area contributed by atoms with Crippen LogP contribution in [0.2, 0.25) is 0 Å². The Morgan fingerprint density at radius 1 is 1.50 bits per heavy atom. The van der Waals surface area contributed by atoms with Gasteiger partial charge in [-0.25, -0.2) is 8.78 Å². The highest BCUT2D eigenvalue weighted by atomic mass is 19.3. The zero-order valence-electron chi connectivity index (χ0n) is 7.08. The lowest BCUT2D eigenvalue weighted by Crippen LogP contribution is -2.28. The fourth-order valence-corrected chi connectivity index (χ4v) is 1.52. The van der Waals surface area contributed by atoms with Crippen LogP contribution in [0.3, 0.4) is 0 Å². The Morgan fingerprint density at radius 2 is 2.14 bits per heavy atom. The molecule has 5 heteroatoms. The SMILES string of the molecule is O=C(O)C1(c2ccccn2)CC1(F)F. The number of nitrogens with zero attached hydrogens (tertiary/aromatic N) is 1. The molecular weight excluding hydrogens is 192 g/mol. The second kappa shape index (κ2) is 2.50. The molecule has 1 fully saturated rings. The summed E-state index contributed by atoms with van der Waals surface area (Å²) < 4.78 is 25.9. The summed E-state index contributed by atoms with van der Waals surface area (Å²) in [5.41, 5.74) is -2.16. The molecule has 2 rings (SSSR count). The average Bonchev–Trinajstić information content (AvgIpc) is 2.72. The van der Waals surface area contributed by atoms with Crippen molar-refractivity contribution in [2.75, 3.05) is 0 Å². The van der Waals surface area contributed by atoms with E-state index in [1.165, 1.54) is 18.3 Å². The van der Waals surface area contributed by atoms with Gasteiger partial charge in [0.25, 0.3) is 5.92 Å². The molecule has 1 aromatic heterocycles. The molecule has 1 heterocycles. The molecule has 0 radical (unpaired) electrons. The molecule has 14 heavy (non-hydrogen) atoms. The standard InChI is InChI=1S/C9H7F2NO2/c10-9(11)5-8(9,7(13)14)6-3-1-2-4-12-6/h1-4H,5H2,(H,13,14). The highest BCUT2D eigenvalue weighted by molar-refractivity contribution is 5.87. The molecule has 0 amide bonds. The van der Waals surface area contributed by atoms with E-state index in [4.69, 9.17) is 5.11 Å². The van der Waals surface area contributed by atoms with Gasteiger partial charge in [-0.1, -0.05) is 6.07 Å². The lowest BCUT2D eigenvalue weighted by atomic mass is 10.0. The molecule has 0 spiro atoms. The minimum atomic E-state index is -3.17. The van der Waals surface area contributed by atoms with Crippen molar-refractivity contribution in [3.8, 4) is 0 Å². The van der Waals surface area contributed by atoms with Crippen LogP contribution >= 0.6 is 0 Å². The molecule has 1 N–H and O–H groups in total. The van der Waals surface area contributed by atoms with E-state index in [0.717, 1.165) is 0 Å². The first-order valence-corrected chi connectivity index (χ1v) is 4.03. The summed E-state index contributed by atoms with van der Waals surface area (Å²) in [5, 5.41) is 8.77. The summed E-state index contributed by atoms with van der Waals surface area (Å²) >= 11 is 0. The lowest BCUT2D eigenvalue weighted by Gasteiger charge is -2.09. The maximum absolute atomic E-state index is 13.0. The molecule has 3 nitrogen and oxygen atoms in total. The third kappa shape index (κ3) is 0.950. The molecule has 1 unspecified atom stereocenters. The van der Waals surface area contributed by atoms with Crippen molar-refractivity contribution in [3.05, 3.63) is 30.1 Å². The molecule has 1 aliphatic rings. The number of carbonyl (C=O) groups is 1. The van der Waals surface area contributed by atoms with Crippen LogP contribution in [0.25, 0.3) is 0 Å². The first-order chi connectivity index (χ1) is 6.51. The summed E-state index contributed by atoms with van der Waals surface area (Å²) in [6, 6.07) is 4.37. The van der Waals surface area contributed by atoms with Crippen LogP contribution in [0, 0.1) is 0 Å². The average molecular weight is 199 g/mol.